The van der Waals surface area contributed by atoms with Crippen molar-refractivity contribution in [2.24, 2.45) is 0 Å². The molecule has 0 radical (unpaired) electrons. The van der Waals surface area contributed by atoms with Gasteiger partial charge in [0.05, 0.1) is 0 Å². The third-order valence-corrected chi connectivity index (χ3v) is 2.04. The van der Waals surface area contributed by atoms with Crippen molar-refractivity contribution in [3.63, 3.8) is 0 Å². The van der Waals surface area contributed by atoms with Gasteiger partial charge in [-0.1, -0.05) is 6.92 Å². The lowest BCUT2D eigenvalue weighted by atomic mass is 10.4. The van der Waals surface area contributed by atoms with Gasteiger partial charge in [0.15, 0.2) is 5.69 Å². The van der Waals surface area contributed by atoms with E-state index < -0.39 is 11.9 Å². The number of rotatable bonds is 3. The fraction of sp³-hybridized carbons (Fsp3) is 0.444. The molecular formula is C9H9F3N4O. The molecule has 8 heteroatoms. The summed E-state index contributed by atoms with van der Waals surface area (Å²) in [6, 6.07) is 0.900. The molecule has 0 atom stereocenters. The fourth-order valence-electron chi connectivity index (χ4n) is 1.23. The molecule has 0 bridgehead atoms. The maximum Gasteiger partial charge on any atom is 0.435 e. The quantitative estimate of drug-likeness (QED) is 0.829. The molecule has 2 heterocycles. The van der Waals surface area contributed by atoms with Crippen LogP contribution in [0.4, 0.5) is 13.2 Å². The van der Waals surface area contributed by atoms with Crippen molar-refractivity contribution < 1.29 is 17.6 Å². The van der Waals surface area contributed by atoms with E-state index in [1.54, 1.807) is 0 Å². The summed E-state index contributed by atoms with van der Waals surface area (Å²) >= 11 is 0. The number of hydrogen-bond donors (Lipinski definition) is 0. The lowest BCUT2D eigenvalue weighted by molar-refractivity contribution is -0.141. The van der Waals surface area contributed by atoms with Crippen molar-refractivity contribution in [1.82, 2.24) is 20.0 Å². The van der Waals surface area contributed by atoms with E-state index in [0.29, 0.717) is 12.3 Å². The van der Waals surface area contributed by atoms with E-state index in [-0.39, 0.29) is 12.4 Å². The predicted octanol–water partition coefficient (Wildman–Crippen LogP) is 1.90. The molecule has 0 amide bonds. The topological polar surface area (TPSA) is 56.7 Å². The van der Waals surface area contributed by atoms with Crippen molar-refractivity contribution >= 4 is 0 Å². The molecule has 0 aliphatic heterocycles. The van der Waals surface area contributed by atoms with Crippen LogP contribution in [0.3, 0.4) is 0 Å². The Bertz CT molecular complexity index is 502. The SMILES string of the molecule is CCc1nnc(Cn2ccc(C(F)(F)F)n2)o1. The van der Waals surface area contributed by atoms with E-state index in [2.05, 4.69) is 15.3 Å². The van der Waals surface area contributed by atoms with Crippen LogP contribution in [-0.4, -0.2) is 20.0 Å². The summed E-state index contributed by atoms with van der Waals surface area (Å²) < 4.78 is 43.1. The first-order valence-electron chi connectivity index (χ1n) is 4.91. The van der Waals surface area contributed by atoms with Gasteiger partial charge in [0.1, 0.15) is 6.54 Å². The Morgan fingerprint density at radius 3 is 2.53 bits per heavy atom. The minimum atomic E-state index is -4.44. The molecule has 0 aliphatic carbocycles. The lowest BCUT2D eigenvalue weighted by Crippen LogP contribution is -2.08. The maximum atomic E-state index is 12.3. The van der Waals surface area contributed by atoms with Crippen molar-refractivity contribution in [1.29, 1.82) is 0 Å². The molecule has 0 saturated heterocycles. The van der Waals surface area contributed by atoms with Gasteiger partial charge in [-0.3, -0.25) is 4.68 Å². The van der Waals surface area contributed by atoms with Gasteiger partial charge in [0.25, 0.3) is 0 Å². The monoisotopic (exact) mass is 246 g/mol. The summed E-state index contributed by atoms with van der Waals surface area (Å²) in [7, 11) is 0. The molecule has 0 fully saturated rings. The van der Waals surface area contributed by atoms with Gasteiger partial charge in [-0.15, -0.1) is 10.2 Å². The second-order valence-electron chi connectivity index (χ2n) is 3.34. The number of alkyl halides is 3. The molecule has 2 aromatic rings. The third kappa shape index (κ3) is 2.63. The number of nitrogens with zero attached hydrogens (tertiary/aromatic N) is 4. The van der Waals surface area contributed by atoms with Gasteiger partial charge in [-0.05, 0) is 6.07 Å². The van der Waals surface area contributed by atoms with E-state index in [0.717, 1.165) is 10.7 Å². The van der Waals surface area contributed by atoms with Gasteiger partial charge >= 0.3 is 6.18 Å². The first-order chi connectivity index (χ1) is 7.99. The maximum absolute atomic E-state index is 12.3. The molecule has 0 aromatic carbocycles. The Balaban J connectivity index is 2.11. The average molecular weight is 246 g/mol. The first kappa shape index (κ1) is 11.6. The van der Waals surface area contributed by atoms with E-state index in [1.807, 2.05) is 6.92 Å². The van der Waals surface area contributed by atoms with Crippen LogP contribution in [0.15, 0.2) is 16.7 Å². The molecule has 17 heavy (non-hydrogen) atoms. The minimum absolute atomic E-state index is 0.0308. The largest absolute Gasteiger partial charge is 0.435 e. The van der Waals surface area contributed by atoms with Gasteiger partial charge < -0.3 is 4.42 Å². The smallest absolute Gasteiger partial charge is 0.423 e. The minimum Gasteiger partial charge on any atom is -0.423 e. The van der Waals surface area contributed by atoms with E-state index >= 15 is 0 Å². The Hall–Kier alpha value is -1.86. The molecule has 0 saturated carbocycles. The van der Waals surface area contributed by atoms with Crippen molar-refractivity contribution in [2.75, 3.05) is 0 Å². The molecule has 0 aliphatic rings. The summed E-state index contributed by atoms with van der Waals surface area (Å²) in [5, 5.41) is 10.8. The fourth-order valence-corrected chi connectivity index (χ4v) is 1.23. The number of aromatic nitrogens is 4. The second kappa shape index (κ2) is 4.19. The highest BCUT2D eigenvalue weighted by Crippen LogP contribution is 2.27. The Morgan fingerprint density at radius 2 is 2.00 bits per heavy atom. The Kier molecular flexibility index (Phi) is 2.86. The first-order valence-corrected chi connectivity index (χ1v) is 4.91. The predicted molar refractivity (Wildman–Crippen MR) is 50.0 cm³/mol. The Morgan fingerprint density at radius 1 is 1.29 bits per heavy atom. The summed E-state index contributed by atoms with van der Waals surface area (Å²) in [6.45, 7) is 1.87. The van der Waals surface area contributed by atoms with Crippen LogP contribution in [0, 0.1) is 0 Å². The third-order valence-electron chi connectivity index (χ3n) is 2.04. The van der Waals surface area contributed by atoms with Crippen LogP contribution >= 0.6 is 0 Å². The number of hydrogen-bond acceptors (Lipinski definition) is 4. The molecule has 0 unspecified atom stereocenters. The Labute approximate surface area is 94.3 Å². The zero-order valence-electron chi connectivity index (χ0n) is 8.90. The van der Waals surface area contributed by atoms with Crippen LogP contribution in [-0.2, 0) is 19.1 Å². The highest BCUT2D eigenvalue weighted by molar-refractivity contribution is 5.03. The molecule has 0 N–H and O–H groups in total. The van der Waals surface area contributed by atoms with Crippen LogP contribution < -0.4 is 0 Å². The molecule has 5 nitrogen and oxygen atoms in total. The molecule has 2 aromatic heterocycles. The zero-order valence-corrected chi connectivity index (χ0v) is 8.90. The lowest BCUT2D eigenvalue weighted by Gasteiger charge is -2.00. The van der Waals surface area contributed by atoms with Crippen LogP contribution in [0.25, 0.3) is 0 Å². The van der Waals surface area contributed by atoms with Crippen LogP contribution in [0.1, 0.15) is 24.4 Å². The summed E-state index contributed by atoms with van der Waals surface area (Å²) in [5.74, 6) is 0.682. The normalized spacial score (nSPS) is 12.0. The van der Waals surface area contributed by atoms with Gasteiger partial charge in [-0.25, -0.2) is 0 Å². The van der Waals surface area contributed by atoms with Crippen LogP contribution in [0.5, 0.6) is 0 Å². The number of halogens is 3. The number of aryl methyl sites for hydroxylation is 1. The molecule has 0 spiro atoms. The second-order valence-corrected chi connectivity index (χ2v) is 3.34. The van der Waals surface area contributed by atoms with Crippen LogP contribution in [0.2, 0.25) is 0 Å². The highest BCUT2D eigenvalue weighted by atomic mass is 19.4. The van der Waals surface area contributed by atoms with Gasteiger partial charge in [-0.2, -0.15) is 18.3 Å². The van der Waals surface area contributed by atoms with E-state index in [4.69, 9.17) is 4.42 Å². The van der Waals surface area contributed by atoms with Gasteiger partial charge in [0.2, 0.25) is 11.8 Å². The van der Waals surface area contributed by atoms with E-state index in [1.165, 1.54) is 6.20 Å². The highest BCUT2D eigenvalue weighted by Gasteiger charge is 2.33. The molecule has 2 rings (SSSR count). The summed E-state index contributed by atoms with van der Waals surface area (Å²) in [4.78, 5) is 0. The van der Waals surface area contributed by atoms with Gasteiger partial charge in [0, 0.05) is 12.6 Å². The standard InChI is InChI=1S/C9H9F3N4O/c1-2-7-13-14-8(17-7)5-16-4-3-6(15-16)9(10,11)12/h3-4H,2,5H2,1H3. The summed E-state index contributed by atoms with van der Waals surface area (Å²) in [6.07, 6.45) is -2.63. The molecular weight excluding hydrogens is 237 g/mol. The van der Waals surface area contributed by atoms with Crippen molar-refractivity contribution in [3.05, 3.63) is 29.7 Å². The van der Waals surface area contributed by atoms with Crippen molar-refractivity contribution in [2.45, 2.75) is 26.1 Å². The zero-order chi connectivity index (χ0) is 12.5. The molecule has 92 valence electrons. The van der Waals surface area contributed by atoms with Crippen molar-refractivity contribution in [3.8, 4) is 0 Å². The summed E-state index contributed by atoms with van der Waals surface area (Å²) in [5.41, 5.74) is -0.937. The average Bonchev–Trinajstić information content (AvgIpc) is 2.86. The van der Waals surface area contributed by atoms with E-state index in [9.17, 15) is 13.2 Å².